The number of methoxy groups -OCH3 is 1. The molecule has 2 amide bonds. The van der Waals surface area contributed by atoms with E-state index in [2.05, 4.69) is 9.72 Å². The summed E-state index contributed by atoms with van der Waals surface area (Å²) in [5.74, 6) is -8.54. The minimum absolute atomic E-state index is 0.166. The molecule has 0 fully saturated rings. The van der Waals surface area contributed by atoms with Crippen LogP contribution in [0.3, 0.4) is 0 Å². The summed E-state index contributed by atoms with van der Waals surface area (Å²) in [6.45, 7) is 0.155. The maximum atomic E-state index is 14.7. The molecule has 3 rings (SSSR count). The topological polar surface area (TPSA) is 138 Å². The molecule has 2 heterocycles. The van der Waals surface area contributed by atoms with Crippen LogP contribution in [0, 0.1) is 21.8 Å². The van der Waals surface area contributed by atoms with Gasteiger partial charge in [0.25, 0.3) is 11.8 Å². The summed E-state index contributed by atoms with van der Waals surface area (Å²) in [6.07, 6.45) is -3.80. The zero-order valence-corrected chi connectivity index (χ0v) is 19.4. The Morgan fingerprint density at radius 2 is 1.95 bits per heavy atom. The lowest BCUT2D eigenvalue weighted by atomic mass is 9.94. The van der Waals surface area contributed by atoms with Crippen molar-refractivity contribution in [2.75, 3.05) is 18.6 Å². The molecule has 1 aliphatic rings. The Morgan fingerprint density at radius 3 is 2.54 bits per heavy atom. The predicted molar refractivity (Wildman–Crippen MR) is 116 cm³/mol. The van der Waals surface area contributed by atoms with Gasteiger partial charge >= 0.3 is 17.8 Å². The number of nitro groups is 1. The monoisotopic (exact) mass is 547 g/mol. The van der Waals surface area contributed by atoms with Crippen molar-refractivity contribution in [3.8, 4) is 17.4 Å². The molecule has 16 heteroatoms. The number of esters is 1. The molecule has 0 saturated heterocycles. The van der Waals surface area contributed by atoms with Gasteiger partial charge in [0.2, 0.25) is 11.7 Å². The van der Waals surface area contributed by atoms with Gasteiger partial charge in [-0.3, -0.25) is 19.7 Å². The molecule has 0 radical (unpaired) electrons. The van der Waals surface area contributed by atoms with Gasteiger partial charge in [-0.15, -0.1) is 0 Å². The second-order valence-electron chi connectivity index (χ2n) is 7.25. The van der Waals surface area contributed by atoms with Crippen molar-refractivity contribution in [2.24, 2.45) is 5.92 Å². The van der Waals surface area contributed by atoms with Crippen molar-refractivity contribution < 1.29 is 51.1 Å². The molecule has 0 bridgehead atoms. The third kappa shape index (κ3) is 5.61. The Balaban J connectivity index is 2.04. The minimum atomic E-state index is -4.97. The lowest BCUT2D eigenvalue weighted by Gasteiger charge is -2.30. The number of imide groups is 1. The van der Waals surface area contributed by atoms with E-state index in [1.165, 1.54) is 0 Å². The van der Waals surface area contributed by atoms with E-state index in [4.69, 9.17) is 21.1 Å². The number of halogens is 5. The fourth-order valence-electron chi connectivity index (χ4n) is 3.17. The molecule has 37 heavy (non-hydrogen) atoms. The Bertz CT molecular complexity index is 1330. The molecular formula is C21H14ClF4N3O8. The second kappa shape index (κ2) is 10.4. The normalized spacial score (nSPS) is 15.8. The van der Waals surface area contributed by atoms with E-state index in [1.807, 2.05) is 0 Å². The van der Waals surface area contributed by atoms with E-state index >= 15 is 0 Å². The SMILES string of the molecule is COC(=O)COc1nccc(Oc2cc(N3C(=O)C=C(C(F)(F)F)C(C)C3=O)c(F)cc2Cl)c1[N+](=O)[O-]. The van der Waals surface area contributed by atoms with E-state index in [0.29, 0.717) is 12.1 Å². The second-order valence-corrected chi connectivity index (χ2v) is 7.66. The highest BCUT2D eigenvalue weighted by atomic mass is 35.5. The lowest BCUT2D eigenvalue weighted by molar-refractivity contribution is -0.387. The van der Waals surface area contributed by atoms with Crippen molar-refractivity contribution in [1.29, 1.82) is 0 Å². The van der Waals surface area contributed by atoms with Gasteiger partial charge in [-0.2, -0.15) is 13.2 Å². The molecule has 2 aromatic rings. The summed E-state index contributed by atoms with van der Waals surface area (Å²) in [4.78, 5) is 50.8. The third-order valence-electron chi connectivity index (χ3n) is 4.94. The Hall–Kier alpha value is -4.27. The van der Waals surface area contributed by atoms with Crippen LogP contribution in [0.5, 0.6) is 17.4 Å². The van der Waals surface area contributed by atoms with Crippen molar-refractivity contribution in [2.45, 2.75) is 13.1 Å². The van der Waals surface area contributed by atoms with Crippen LogP contribution in [-0.2, 0) is 19.1 Å². The lowest BCUT2D eigenvalue weighted by Crippen LogP contribution is -2.46. The number of nitrogens with zero attached hydrogens (tertiary/aromatic N) is 3. The van der Waals surface area contributed by atoms with E-state index in [-0.39, 0.29) is 11.0 Å². The number of rotatable bonds is 7. The molecule has 0 spiro atoms. The van der Waals surface area contributed by atoms with E-state index in [0.717, 1.165) is 26.3 Å². The molecule has 0 N–H and O–H groups in total. The van der Waals surface area contributed by atoms with Crippen LogP contribution < -0.4 is 14.4 Å². The number of benzene rings is 1. The van der Waals surface area contributed by atoms with Crippen LogP contribution in [-0.4, -0.2) is 47.6 Å². The number of aromatic nitrogens is 1. The van der Waals surface area contributed by atoms with Crippen LogP contribution in [0.2, 0.25) is 5.02 Å². The number of ether oxygens (including phenoxy) is 3. The first-order valence-corrected chi connectivity index (χ1v) is 10.3. The minimum Gasteiger partial charge on any atom is -0.466 e. The van der Waals surface area contributed by atoms with Gasteiger partial charge in [0.05, 0.1) is 34.2 Å². The molecule has 1 unspecified atom stereocenters. The largest absolute Gasteiger partial charge is 0.466 e. The smallest absolute Gasteiger partial charge is 0.413 e. The molecule has 1 atom stereocenters. The number of amides is 2. The standard InChI is InChI=1S/C21H14ClF4N3O8/c1-9-10(21(24,25)26)5-16(30)28(20(9)32)13-7-15(11(22)6-12(13)23)37-14-3-4-27-19(18(14)29(33)34)36-8-17(31)35-2/h3-7,9H,8H2,1-2H3. The summed E-state index contributed by atoms with van der Waals surface area (Å²) in [5, 5.41) is 11.2. The van der Waals surface area contributed by atoms with Gasteiger partial charge in [0.1, 0.15) is 11.6 Å². The number of carbonyl (C=O) groups is 3. The summed E-state index contributed by atoms with van der Waals surface area (Å²) < 4.78 is 69.0. The van der Waals surface area contributed by atoms with Crippen molar-refractivity contribution in [1.82, 2.24) is 4.98 Å². The Kier molecular flexibility index (Phi) is 7.66. The molecule has 0 aliphatic carbocycles. The number of alkyl halides is 3. The molecular weight excluding hydrogens is 534 g/mol. The molecule has 0 saturated carbocycles. The highest BCUT2D eigenvalue weighted by Gasteiger charge is 2.46. The number of hydrogen-bond donors (Lipinski definition) is 0. The van der Waals surface area contributed by atoms with Crippen LogP contribution in [0.25, 0.3) is 0 Å². The van der Waals surface area contributed by atoms with Crippen molar-refractivity contribution in [3.63, 3.8) is 0 Å². The van der Waals surface area contributed by atoms with E-state index < -0.39 is 86.6 Å². The number of carbonyl (C=O) groups excluding carboxylic acids is 3. The number of anilines is 1. The van der Waals surface area contributed by atoms with Gasteiger partial charge in [-0.25, -0.2) is 19.1 Å². The third-order valence-corrected chi connectivity index (χ3v) is 5.23. The summed E-state index contributed by atoms with van der Waals surface area (Å²) in [7, 11) is 1.06. The van der Waals surface area contributed by atoms with E-state index in [1.54, 1.807) is 0 Å². The average molecular weight is 548 g/mol. The average Bonchev–Trinajstić information content (AvgIpc) is 2.81. The van der Waals surface area contributed by atoms with Crippen molar-refractivity contribution >= 4 is 40.8 Å². The van der Waals surface area contributed by atoms with Crippen LogP contribution in [0.1, 0.15) is 6.92 Å². The molecule has 11 nitrogen and oxygen atoms in total. The van der Waals surface area contributed by atoms with Gasteiger partial charge < -0.3 is 14.2 Å². The van der Waals surface area contributed by atoms with E-state index in [9.17, 15) is 42.1 Å². The number of pyridine rings is 1. The van der Waals surface area contributed by atoms with Gasteiger partial charge in [0.15, 0.2) is 6.61 Å². The zero-order valence-electron chi connectivity index (χ0n) is 18.7. The Labute approximate surface area is 209 Å². The first-order valence-electron chi connectivity index (χ1n) is 9.92. The first kappa shape index (κ1) is 27.3. The van der Waals surface area contributed by atoms with Gasteiger partial charge in [0, 0.05) is 24.4 Å². The highest BCUT2D eigenvalue weighted by molar-refractivity contribution is 6.32. The van der Waals surface area contributed by atoms with Crippen molar-refractivity contribution in [3.05, 3.63) is 57.0 Å². The maximum absolute atomic E-state index is 14.7. The highest BCUT2D eigenvalue weighted by Crippen LogP contribution is 2.43. The molecule has 1 aromatic heterocycles. The quantitative estimate of drug-likeness (QED) is 0.165. The van der Waals surface area contributed by atoms with Crippen LogP contribution >= 0.6 is 11.6 Å². The summed E-state index contributed by atoms with van der Waals surface area (Å²) >= 11 is 5.98. The Morgan fingerprint density at radius 1 is 1.27 bits per heavy atom. The summed E-state index contributed by atoms with van der Waals surface area (Å²) in [6, 6.07) is 2.31. The maximum Gasteiger partial charge on any atom is 0.413 e. The molecule has 1 aliphatic heterocycles. The van der Waals surface area contributed by atoms with Gasteiger partial charge in [-0.05, 0) is 13.0 Å². The first-order chi connectivity index (χ1) is 17.3. The van der Waals surface area contributed by atoms with Gasteiger partial charge in [-0.1, -0.05) is 11.6 Å². The predicted octanol–water partition coefficient (Wildman–Crippen LogP) is 4.12. The summed E-state index contributed by atoms with van der Waals surface area (Å²) in [5.41, 5.74) is -3.08. The van der Waals surface area contributed by atoms with Crippen LogP contribution in [0.15, 0.2) is 36.0 Å². The number of hydrogen-bond acceptors (Lipinski definition) is 9. The molecule has 196 valence electrons. The zero-order chi connectivity index (χ0) is 27.7. The van der Waals surface area contributed by atoms with Crippen LogP contribution in [0.4, 0.5) is 28.9 Å². The fourth-order valence-corrected chi connectivity index (χ4v) is 3.36. The fraction of sp³-hybridized carbons (Fsp3) is 0.238. The molecule has 1 aromatic carbocycles.